The molecule has 2 N–H and O–H groups in total. The van der Waals surface area contributed by atoms with Crippen molar-refractivity contribution in [2.24, 2.45) is 0 Å². The summed E-state index contributed by atoms with van der Waals surface area (Å²) in [6, 6.07) is 0.878. The molecule has 0 radical (unpaired) electrons. The van der Waals surface area contributed by atoms with Crippen molar-refractivity contribution < 1.29 is 23.1 Å². The molecule has 1 heterocycles. The van der Waals surface area contributed by atoms with E-state index in [2.05, 4.69) is 0 Å². The zero-order valence-electron chi connectivity index (χ0n) is 7.91. The van der Waals surface area contributed by atoms with E-state index in [1.165, 1.54) is 11.3 Å². The average Bonchev–Trinajstić information content (AvgIpc) is 2.70. The lowest BCUT2D eigenvalue weighted by molar-refractivity contribution is -0.174. The number of hydrogen-bond acceptors (Lipinski definition) is 3. The van der Waals surface area contributed by atoms with Crippen molar-refractivity contribution in [2.75, 3.05) is 0 Å². The fraction of sp³-hybridized carbons (Fsp3) is 0.444. The first-order valence-corrected chi connectivity index (χ1v) is 5.40. The second kappa shape index (κ2) is 3.74. The van der Waals surface area contributed by atoms with Crippen LogP contribution >= 0.6 is 11.3 Å². The molecule has 7 heteroatoms. The van der Waals surface area contributed by atoms with E-state index in [0.29, 0.717) is 10.4 Å². The van der Waals surface area contributed by atoms with Crippen LogP contribution in [0, 0.1) is 0 Å². The van der Waals surface area contributed by atoms with Crippen LogP contribution in [0.3, 0.4) is 0 Å². The second-order valence-electron chi connectivity index (χ2n) is 3.52. The lowest BCUT2D eigenvalue weighted by Gasteiger charge is -2.14. The van der Waals surface area contributed by atoms with Gasteiger partial charge in [0, 0.05) is 11.3 Å². The molecule has 0 bridgehead atoms. The SMILES string of the molecule is O=C(N[C@@H]1C[C@H](O)c2sccc21)C(F)(F)F. The maximum atomic E-state index is 12.0. The molecule has 88 valence electrons. The van der Waals surface area contributed by atoms with E-state index in [4.69, 9.17) is 0 Å². The Balaban J connectivity index is 2.12. The molecule has 0 fully saturated rings. The van der Waals surface area contributed by atoms with Crippen LogP contribution in [0.2, 0.25) is 0 Å². The fourth-order valence-corrected chi connectivity index (χ4v) is 2.68. The standard InChI is InChI=1S/C9H8F3NO2S/c10-9(11,12)8(15)13-5-3-6(14)7-4(5)1-2-16-7/h1-2,5-6,14H,3H2,(H,13,15)/t5-,6+/m1/s1. The van der Waals surface area contributed by atoms with Gasteiger partial charge in [-0.1, -0.05) is 0 Å². The van der Waals surface area contributed by atoms with Gasteiger partial charge in [0.15, 0.2) is 0 Å². The lowest BCUT2D eigenvalue weighted by Crippen LogP contribution is -2.38. The minimum atomic E-state index is -4.89. The second-order valence-corrected chi connectivity index (χ2v) is 4.46. The lowest BCUT2D eigenvalue weighted by atomic mass is 10.2. The topological polar surface area (TPSA) is 49.3 Å². The number of amides is 1. The molecule has 0 aliphatic heterocycles. The maximum Gasteiger partial charge on any atom is 0.471 e. The predicted molar refractivity (Wildman–Crippen MR) is 50.8 cm³/mol. The number of hydrogen-bond donors (Lipinski definition) is 2. The first kappa shape index (κ1) is 11.4. The van der Waals surface area contributed by atoms with Crippen molar-refractivity contribution in [1.29, 1.82) is 0 Å². The van der Waals surface area contributed by atoms with Crippen molar-refractivity contribution in [3.63, 3.8) is 0 Å². The van der Waals surface area contributed by atoms with E-state index < -0.39 is 24.2 Å². The summed E-state index contributed by atoms with van der Waals surface area (Å²) in [5, 5.41) is 13.1. The summed E-state index contributed by atoms with van der Waals surface area (Å²) < 4.78 is 36.1. The number of carbonyl (C=O) groups is 1. The van der Waals surface area contributed by atoms with Crippen LogP contribution in [0.15, 0.2) is 11.4 Å². The smallest absolute Gasteiger partial charge is 0.387 e. The van der Waals surface area contributed by atoms with Crippen LogP contribution in [0.25, 0.3) is 0 Å². The first-order valence-electron chi connectivity index (χ1n) is 4.52. The van der Waals surface area contributed by atoms with Crippen LogP contribution in [0.1, 0.15) is 29.0 Å². The molecule has 2 rings (SSSR count). The zero-order valence-corrected chi connectivity index (χ0v) is 8.73. The van der Waals surface area contributed by atoms with E-state index in [1.807, 2.05) is 5.32 Å². The van der Waals surface area contributed by atoms with Crippen molar-refractivity contribution in [2.45, 2.75) is 24.7 Å². The largest absolute Gasteiger partial charge is 0.471 e. The number of aliphatic hydroxyl groups excluding tert-OH is 1. The van der Waals surface area contributed by atoms with Gasteiger partial charge in [-0.2, -0.15) is 13.2 Å². The number of halogens is 3. The molecular formula is C9H8F3NO2S. The highest BCUT2D eigenvalue weighted by atomic mass is 32.1. The molecule has 16 heavy (non-hydrogen) atoms. The van der Waals surface area contributed by atoms with Crippen LogP contribution in [0.4, 0.5) is 13.2 Å². The Labute approximate surface area is 92.9 Å². The normalized spacial score (nSPS) is 24.2. The third kappa shape index (κ3) is 1.92. The summed E-state index contributed by atoms with van der Waals surface area (Å²) in [6.07, 6.45) is -5.57. The zero-order chi connectivity index (χ0) is 11.9. The van der Waals surface area contributed by atoms with E-state index in [0.717, 1.165) is 0 Å². The minimum absolute atomic E-state index is 0.101. The van der Waals surface area contributed by atoms with Crippen molar-refractivity contribution in [1.82, 2.24) is 5.32 Å². The molecule has 1 amide bonds. The molecule has 0 unspecified atom stereocenters. The molecule has 0 aromatic carbocycles. The van der Waals surface area contributed by atoms with Gasteiger partial charge in [0.2, 0.25) is 0 Å². The number of carbonyl (C=O) groups excluding carboxylic acids is 1. The van der Waals surface area contributed by atoms with E-state index in [1.54, 1.807) is 11.4 Å². The van der Waals surface area contributed by atoms with Crippen molar-refractivity contribution in [3.8, 4) is 0 Å². The number of nitrogens with one attached hydrogen (secondary N) is 1. The van der Waals surface area contributed by atoms with Crippen molar-refractivity contribution in [3.05, 3.63) is 21.9 Å². The van der Waals surface area contributed by atoms with Gasteiger partial charge in [-0.15, -0.1) is 11.3 Å². The highest BCUT2D eigenvalue weighted by molar-refractivity contribution is 7.10. The monoisotopic (exact) mass is 251 g/mol. The first-order chi connectivity index (χ1) is 7.39. The van der Waals surface area contributed by atoms with Crippen LogP contribution in [-0.2, 0) is 4.79 Å². The molecule has 0 saturated carbocycles. The average molecular weight is 251 g/mol. The number of alkyl halides is 3. The van der Waals surface area contributed by atoms with Gasteiger partial charge in [-0.25, -0.2) is 0 Å². The maximum absolute atomic E-state index is 12.0. The van der Waals surface area contributed by atoms with Crippen molar-refractivity contribution >= 4 is 17.2 Å². The molecule has 1 aliphatic carbocycles. The van der Waals surface area contributed by atoms with Gasteiger partial charge in [-0.05, 0) is 17.0 Å². The molecule has 1 aliphatic rings. The van der Waals surface area contributed by atoms with Crippen LogP contribution in [-0.4, -0.2) is 17.2 Å². The Bertz CT molecular complexity index is 415. The van der Waals surface area contributed by atoms with Gasteiger partial charge in [0.25, 0.3) is 0 Å². The number of aliphatic hydroxyl groups is 1. The Morgan fingerprint density at radius 2 is 2.25 bits per heavy atom. The molecule has 2 atom stereocenters. The van der Waals surface area contributed by atoms with Gasteiger partial charge < -0.3 is 10.4 Å². The Hall–Kier alpha value is -1.08. The van der Waals surface area contributed by atoms with Crippen LogP contribution in [0.5, 0.6) is 0 Å². The minimum Gasteiger partial charge on any atom is -0.387 e. The van der Waals surface area contributed by atoms with Crippen LogP contribution < -0.4 is 5.32 Å². The van der Waals surface area contributed by atoms with E-state index in [9.17, 15) is 23.1 Å². The molecular weight excluding hydrogens is 243 g/mol. The van der Waals surface area contributed by atoms with Gasteiger partial charge >= 0.3 is 12.1 Å². The number of fused-ring (bicyclic) bond motifs is 1. The quantitative estimate of drug-likeness (QED) is 0.801. The predicted octanol–water partition coefficient (Wildman–Crippen LogP) is 1.90. The molecule has 0 saturated heterocycles. The highest BCUT2D eigenvalue weighted by Crippen LogP contribution is 2.42. The summed E-state index contributed by atoms with van der Waals surface area (Å²) in [7, 11) is 0. The summed E-state index contributed by atoms with van der Waals surface area (Å²) in [6.45, 7) is 0. The summed E-state index contributed by atoms with van der Waals surface area (Å²) in [4.78, 5) is 11.4. The number of thiophene rings is 1. The Morgan fingerprint density at radius 1 is 1.56 bits per heavy atom. The highest BCUT2D eigenvalue weighted by Gasteiger charge is 2.42. The van der Waals surface area contributed by atoms with E-state index in [-0.39, 0.29) is 6.42 Å². The van der Waals surface area contributed by atoms with E-state index >= 15 is 0 Å². The van der Waals surface area contributed by atoms with Gasteiger partial charge in [0.1, 0.15) is 0 Å². The summed E-state index contributed by atoms with van der Waals surface area (Å²) in [5.74, 6) is -1.97. The number of rotatable bonds is 1. The van der Waals surface area contributed by atoms with Gasteiger partial charge in [-0.3, -0.25) is 4.79 Å². The Kier molecular flexibility index (Phi) is 2.67. The third-order valence-electron chi connectivity index (χ3n) is 2.43. The molecule has 3 nitrogen and oxygen atoms in total. The Morgan fingerprint density at radius 3 is 2.88 bits per heavy atom. The summed E-state index contributed by atoms with van der Waals surface area (Å²) in [5.41, 5.74) is 0.579. The molecule has 0 spiro atoms. The fourth-order valence-electron chi connectivity index (χ4n) is 1.72. The van der Waals surface area contributed by atoms with Gasteiger partial charge in [0.05, 0.1) is 12.1 Å². The molecule has 1 aromatic heterocycles. The third-order valence-corrected chi connectivity index (χ3v) is 3.46. The summed E-state index contributed by atoms with van der Waals surface area (Å²) >= 11 is 1.28. The molecule has 1 aromatic rings.